The molecule has 60 heavy (non-hydrogen) atoms. The molecule has 0 N–H and O–H groups in total. The molecule has 4 aliphatic heterocycles. The summed E-state index contributed by atoms with van der Waals surface area (Å²) < 4.78 is 29.7. The average Bonchev–Trinajstić information content (AvgIpc) is 3.86. The van der Waals surface area contributed by atoms with Crippen molar-refractivity contribution in [3.8, 4) is 28.7 Å². The zero-order valence-electron chi connectivity index (χ0n) is 34.1. The van der Waals surface area contributed by atoms with Crippen molar-refractivity contribution in [1.29, 1.82) is 0 Å². The van der Waals surface area contributed by atoms with Crippen LogP contribution in [0.4, 0.5) is 11.4 Å². The lowest BCUT2D eigenvalue weighted by molar-refractivity contribution is 0.0704. The first kappa shape index (κ1) is 39.0. The lowest BCUT2D eigenvalue weighted by Gasteiger charge is -2.32. The van der Waals surface area contributed by atoms with Gasteiger partial charge in [-0.3, -0.25) is 19.6 Å². The summed E-state index contributed by atoms with van der Waals surface area (Å²) in [5, 5.41) is 2.08. The van der Waals surface area contributed by atoms with Crippen LogP contribution in [0.25, 0.3) is 5.57 Å². The second-order valence-corrected chi connectivity index (χ2v) is 16.5. The fourth-order valence-electron chi connectivity index (χ4n) is 8.23. The minimum Gasteiger partial charge on any atom is -0.497 e. The van der Waals surface area contributed by atoms with E-state index in [0.717, 1.165) is 40.0 Å². The molecule has 0 aliphatic carbocycles. The number of nitrogens with zero attached hydrogens (tertiary/aromatic N) is 5. The first-order valence-electron chi connectivity index (χ1n) is 19.8. The molecule has 2 amide bonds. The summed E-state index contributed by atoms with van der Waals surface area (Å²) in [6.07, 6.45) is 7.02. The summed E-state index contributed by atoms with van der Waals surface area (Å²) in [4.78, 5) is 44.4. The van der Waals surface area contributed by atoms with Gasteiger partial charge in [-0.1, -0.05) is 24.3 Å². The topological polar surface area (TPSA) is 115 Å². The third-order valence-corrected chi connectivity index (χ3v) is 12.2. The van der Waals surface area contributed by atoms with Crippen molar-refractivity contribution in [3.63, 3.8) is 0 Å². The van der Waals surface area contributed by atoms with E-state index in [0.29, 0.717) is 65.0 Å². The normalized spacial score (nSPS) is 17.5. The fourth-order valence-corrected chi connectivity index (χ4v) is 9.17. The third kappa shape index (κ3) is 7.62. The molecule has 1 unspecified atom stereocenters. The average molecular weight is 824 g/mol. The Labute approximate surface area is 352 Å². The van der Waals surface area contributed by atoms with Gasteiger partial charge in [-0.15, -0.1) is 11.3 Å². The molecule has 4 aliphatic rings. The summed E-state index contributed by atoms with van der Waals surface area (Å²) in [6.45, 7) is 1.73. The number of methoxy groups -OCH3 is 3. The van der Waals surface area contributed by atoms with Crippen molar-refractivity contribution in [1.82, 2.24) is 14.7 Å². The predicted molar refractivity (Wildman–Crippen MR) is 232 cm³/mol. The number of benzene rings is 4. The van der Waals surface area contributed by atoms with Gasteiger partial charge in [0.05, 0.1) is 55.9 Å². The monoisotopic (exact) mass is 823 g/mol. The van der Waals surface area contributed by atoms with Gasteiger partial charge in [0.2, 0.25) is 0 Å². The molecule has 306 valence electrons. The summed E-state index contributed by atoms with van der Waals surface area (Å²) in [5.74, 6) is 2.42. The molecule has 0 spiro atoms. The second kappa shape index (κ2) is 16.3. The molecule has 0 fully saturated rings. The SMILES string of the molecule is COc1ccc(C2=CN3C(=O)c4cc(OC)c(OCc5cc(COc6cc7c(cc6OC)C(=O)N6Cc8ccsc8C[C@H]6C=N7)cc(CN(C)C)c5)cc4N=CC3C2)cc1. The van der Waals surface area contributed by atoms with Crippen LogP contribution >= 0.6 is 11.3 Å². The highest BCUT2D eigenvalue weighted by Gasteiger charge is 2.35. The van der Waals surface area contributed by atoms with Gasteiger partial charge in [-0.2, -0.15) is 0 Å². The minimum atomic E-state index is -0.212. The maximum absolute atomic E-state index is 13.9. The molecule has 5 heterocycles. The van der Waals surface area contributed by atoms with Crippen LogP contribution in [-0.2, 0) is 32.7 Å². The van der Waals surface area contributed by atoms with Crippen LogP contribution in [-0.4, -0.2) is 86.5 Å². The molecule has 9 rings (SSSR count). The Bertz CT molecular complexity index is 2580. The van der Waals surface area contributed by atoms with Crippen LogP contribution < -0.4 is 23.7 Å². The summed E-state index contributed by atoms with van der Waals surface area (Å²) in [6, 6.07) is 22.9. The molecule has 5 aromatic rings. The number of thiophene rings is 1. The van der Waals surface area contributed by atoms with E-state index < -0.39 is 0 Å². The Morgan fingerprint density at radius 2 is 1.32 bits per heavy atom. The van der Waals surface area contributed by atoms with Crippen LogP contribution in [0.15, 0.2) is 94.4 Å². The van der Waals surface area contributed by atoms with Gasteiger partial charge in [0.1, 0.15) is 19.0 Å². The Morgan fingerprint density at radius 3 is 1.93 bits per heavy atom. The third-order valence-electron chi connectivity index (χ3n) is 11.2. The Balaban J connectivity index is 0.929. The standard InChI is InChI=1S/C47H45N5O7S/c1-50(2)23-28-12-29(14-30(13-28)27-59-44-20-40-37(17-41(44)56-4)46(53)51-24-32-10-11-60-45(32)16-35(51)22-49-40)26-58-43-19-39-38(18-42(43)57-5)47(54)52-25-33(15-34(52)21-48-39)31-6-8-36(55-3)9-7-31/h6-14,17-22,25,34-35H,15-16,23-24,26-27H2,1-5H3/t34?,35-/m0/s1. The molecular weight excluding hydrogens is 779 g/mol. The van der Waals surface area contributed by atoms with Crippen molar-refractivity contribution < 1.29 is 33.3 Å². The summed E-state index contributed by atoms with van der Waals surface area (Å²) in [5.41, 5.74) is 8.22. The molecule has 0 bridgehead atoms. The molecule has 2 atom stereocenters. The number of fused-ring (bicyclic) bond motifs is 5. The van der Waals surface area contributed by atoms with E-state index in [9.17, 15) is 9.59 Å². The quantitative estimate of drug-likeness (QED) is 0.124. The minimum absolute atomic E-state index is 0.0726. The number of ether oxygens (including phenoxy) is 5. The molecule has 0 saturated carbocycles. The van der Waals surface area contributed by atoms with Crippen LogP contribution in [0.5, 0.6) is 28.7 Å². The van der Waals surface area contributed by atoms with Gasteiger partial charge in [0.25, 0.3) is 11.8 Å². The van der Waals surface area contributed by atoms with Crippen molar-refractivity contribution in [2.45, 2.75) is 51.2 Å². The number of amides is 2. The summed E-state index contributed by atoms with van der Waals surface area (Å²) >= 11 is 1.73. The molecule has 0 radical (unpaired) electrons. The van der Waals surface area contributed by atoms with E-state index in [-0.39, 0.29) is 37.1 Å². The largest absolute Gasteiger partial charge is 0.497 e. The predicted octanol–water partition coefficient (Wildman–Crippen LogP) is 8.25. The van der Waals surface area contributed by atoms with E-state index >= 15 is 0 Å². The van der Waals surface area contributed by atoms with Crippen molar-refractivity contribution >= 4 is 52.5 Å². The van der Waals surface area contributed by atoms with Gasteiger partial charge in [-0.25, -0.2) is 0 Å². The Kier molecular flexibility index (Phi) is 10.6. The number of rotatable bonds is 12. The van der Waals surface area contributed by atoms with Gasteiger partial charge >= 0.3 is 0 Å². The van der Waals surface area contributed by atoms with Crippen LogP contribution in [0.3, 0.4) is 0 Å². The van der Waals surface area contributed by atoms with Gasteiger partial charge < -0.3 is 38.4 Å². The highest BCUT2D eigenvalue weighted by atomic mass is 32.1. The van der Waals surface area contributed by atoms with E-state index in [1.54, 1.807) is 61.8 Å². The van der Waals surface area contributed by atoms with E-state index in [1.165, 1.54) is 10.4 Å². The Hall–Kier alpha value is -6.44. The molecule has 0 saturated heterocycles. The molecule has 1 aromatic heterocycles. The summed E-state index contributed by atoms with van der Waals surface area (Å²) in [7, 11) is 8.83. The lowest BCUT2D eigenvalue weighted by Crippen LogP contribution is -2.44. The van der Waals surface area contributed by atoms with Gasteiger partial charge in [-0.05, 0) is 89.3 Å². The Morgan fingerprint density at radius 1 is 0.700 bits per heavy atom. The number of aliphatic imine (C=N–C) groups is 2. The zero-order valence-corrected chi connectivity index (χ0v) is 35.0. The van der Waals surface area contributed by atoms with Gasteiger partial charge in [0.15, 0.2) is 23.0 Å². The van der Waals surface area contributed by atoms with Crippen molar-refractivity contribution in [2.24, 2.45) is 9.98 Å². The first-order valence-corrected chi connectivity index (χ1v) is 20.6. The highest BCUT2D eigenvalue weighted by molar-refractivity contribution is 7.10. The van der Waals surface area contributed by atoms with Crippen LogP contribution in [0.1, 0.15) is 59.8 Å². The number of carbonyl (C=O) groups is 2. The smallest absolute Gasteiger partial charge is 0.260 e. The highest BCUT2D eigenvalue weighted by Crippen LogP contribution is 2.42. The van der Waals surface area contributed by atoms with Crippen LogP contribution in [0.2, 0.25) is 0 Å². The van der Waals surface area contributed by atoms with E-state index in [1.807, 2.05) is 68.0 Å². The number of hydrogen-bond donors (Lipinski definition) is 0. The maximum atomic E-state index is 13.9. The fraction of sp³-hybridized carbons (Fsp3) is 0.277. The molecule has 4 aromatic carbocycles. The first-order chi connectivity index (χ1) is 29.2. The van der Waals surface area contributed by atoms with Gasteiger partial charge in [0, 0.05) is 61.6 Å². The van der Waals surface area contributed by atoms with Crippen molar-refractivity contribution in [2.75, 3.05) is 35.4 Å². The number of carbonyl (C=O) groups excluding carboxylic acids is 2. The number of hydrogen-bond acceptors (Lipinski definition) is 11. The van der Waals surface area contributed by atoms with E-state index in [2.05, 4.69) is 28.5 Å². The lowest BCUT2D eigenvalue weighted by atomic mass is 10.0. The molecule has 13 heteroatoms. The zero-order chi connectivity index (χ0) is 41.5. The van der Waals surface area contributed by atoms with Crippen LogP contribution in [0, 0.1) is 0 Å². The van der Waals surface area contributed by atoms with E-state index in [4.69, 9.17) is 33.7 Å². The second-order valence-electron chi connectivity index (χ2n) is 15.5. The van der Waals surface area contributed by atoms with Crippen molar-refractivity contribution in [3.05, 3.63) is 128 Å². The molecule has 12 nitrogen and oxygen atoms in total. The maximum Gasteiger partial charge on any atom is 0.260 e. The molecular formula is C47H45N5O7S.